The highest BCUT2D eigenvalue weighted by Crippen LogP contribution is 2.24. The summed E-state index contributed by atoms with van der Waals surface area (Å²) >= 11 is 0. The minimum atomic E-state index is 0.334. The minimum Gasteiger partial charge on any atom is -0.331 e. The SMILES string of the molecule is C/C=C(\C=C/NN)CC(C)(C)C. The van der Waals surface area contributed by atoms with Crippen molar-refractivity contribution in [1.29, 1.82) is 0 Å². The molecule has 3 N–H and O–H groups in total. The summed E-state index contributed by atoms with van der Waals surface area (Å²) in [6, 6.07) is 0. The zero-order chi connectivity index (χ0) is 9.61. The van der Waals surface area contributed by atoms with E-state index in [1.807, 2.05) is 13.0 Å². The summed E-state index contributed by atoms with van der Waals surface area (Å²) < 4.78 is 0. The lowest BCUT2D eigenvalue weighted by molar-refractivity contribution is 0.413. The average Bonchev–Trinajstić information content (AvgIpc) is 1.95. The Bertz CT molecular complexity index is 173. The van der Waals surface area contributed by atoms with E-state index in [-0.39, 0.29) is 0 Å². The zero-order valence-electron chi connectivity index (χ0n) is 8.52. The fourth-order valence-electron chi connectivity index (χ4n) is 1.02. The van der Waals surface area contributed by atoms with Crippen LogP contribution in [0.3, 0.4) is 0 Å². The van der Waals surface area contributed by atoms with Crippen molar-refractivity contribution in [3.63, 3.8) is 0 Å². The van der Waals surface area contributed by atoms with Gasteiger partial charge in [-0.3, -0.25) is 5.84 Å². The van der Waals surface area contributed by atoms with Crippen LogP contribution >= 0.6 is 0 Å². The van der Waals surface area contributed by atoms with E-state index in [0.717, 1.165) is 6.42 Å². The second kappa shape index (κ2) is 4.99. The highest BCUT2D eigenvalue weighted by molar-refractivity contribution is 5.18. The van der Waals surface area contributed by atoms with Gasteiger partial charge in [-0.1, -0.05) is 32.4 Å². The largest absolute Gasteiger partial charge is 0.331 e. The zero-order valence-corrected chi connectivity index (χ0v) is 8.52. The molecule has 2 nitrogen and oxygen atoms in total. The molecule has 0 bridgehead atoms. The van der Waals surface area contributed by atoms with Crippen LogP contribution in [0.4, 0.5) is 0 Å². The van der Waals surface area contributed by atoms with Crippen LogP contribution in [0.1, 0.15) is 34.1 Å². The van der Waals surface area contributed by atoms with Crippen molar-refractivity contribution in [1.82, 2.24) is 5.43 Å². The van der Waals surface area contributed by atoms with Gasteiger partial charge in [0.2, 0.25) is 0 Å². The van der Waals surface area contributed by atoms with Gasteiger partial charge in [-0.15, -0.1) is 0 Å². The van der Waals surface area contributed by atoms with E-state index in [1.165, 1.54) is 5.57 Å². The van der Waals surface area contributed by atoms with Crippen LogP contribution in [0.5, 0.6) is 0 Å². The van der Waals surface area contributed by atoms with Crippen molar-refractivity contribution in [2.75, 3.05) is 0 Å². The molecular weight excluding hydrogens is 148 g/mol. The van der Waals surface area contributed by atoms with Crippen LogP contribution in [0.15, 0.2) is 23.9 Å². The Kier molecular flexibility index (Phi) is 4.67. The molecule has 0 unspecified atom stereocenters. The predicted octanol–water partition coefficient (Wildman–Crippen LogP) is 2.35. The van der Waals surface area contributed by atoms with Gasteiger partial charge in [0.1, 0.15) is 0 Å². The van der Waals surface area contributed by atoms with Gasteiger partial charge in [-0.2, -0.15) is 0 Å². The Hall–Kier alpha value is -0.760. The first-order valence-corrected chi connectivity index (χ1v) is 4.27. The molecule has 0 atom stereocenters. The molecule has 0 aliphatic heterocycles. The number of rotatable bonds is 3. The molecule has 0 heterocycles. The molecular formula is C10H20N2. The summed E-state index contributed by atoms with van der Waals surface area (Å²) in [5.41, 5.74) is 4.14. The second-order valence-electron chi connectivity index (χ2n) is 4.10. The Morgan fingerprint density at radius 3 is 2.33 bits per heavy atom. The van der Waals surface area contributed by atoms with E-state index in [2.05, 4.69) is 32.3 Å². The lowest BCUT2D eigenvalue weighted by Crippen LogP contribution is -2.13. The Morgan fingerprint density at radius 1 is 1.42 bits per heavy atom. The molecule has 0 aliphatic rings. The molecule has 0 saturated heterocycles. The normalized spacial score (nSPS) is 13.9. The van der Waals surface area contributed by atoms with E-state index in [9.17, 15) is 0 Å². The van der Waals surface area contributed by atoms with Gasteiger partial charge < -0.3 is 5.43 Å². The molecule has 70 valence electrons. The maximum atomic E-state index is 5.13. The Labute approximate surface area is 75.5 Å². The summed E-state index contributed by atoms with van der Waals surface area (Å²) in [6.45, 7) is 8.71. The maximum Gasteiger partial charge on any atom is 0.0125 e. The lowest BCUT2D eigenvalue weighted by Gasteiger charge is -2.18. The third kappa shape index (κ3) is 5.98. The van der Waals surface area contributed by atoms with Crippen LogP contribution < -0.4 is 11.3 Å². The smallest absolute Gasteiger partial charge is 0.0125 e. The van der Waals surface area contributed by atoms with Gasteiger partial charge >= 0.3 is 0 Å². The fourth-order valence-corrected chi connectivity index (χ4v) is 1.02. The maximum absolute atomic E-state index is 5.13. The molecule has 0 aliphatic carbocycles. The first-order valence-electron chi connectivity index (χ1n) is 4.27. The molecule has 0 aromatic heterocycles. The Balaban J connectivity index is 4.12. The highest BCUT2D eigenvalue weighted by atomic mass is 15.2. The van der Waals surface area contributed by atoms with Gasteiger partial charge in [-0.25, -0.2) is 0 Å². The molecule has 0 spiro atoms. The van der Waals surface area contributed by atoms with Gasteiger partial charge in [0.15, 0.2) is 0 Å². The number of nitrogens with one attached hydrogen (secondary N) is 1. The standard InChI is InChI=1S/C10H20N2/c1-5-9(6-7-12-11)8-10(2,3)4/h5-7,12H,8,11H2,1-4H3/b7-6-,9-5+. The van der Waals surface area contributed by atoms with Crippen molar-refractivity contribution in [3.8, 4) is 0 Å². The summed E-state index contributed by atoms with van der Waals surface area (Å²) in [7, 11) is 0. The van der Waals surface area contributed by atoms with Crippen molar-refractivity contribution in [2.45, 2.75) is 34.1 Å². The number of hydrogen-bond donors (Lipinski definition) is 2. The number of allylic oxidation sites excluding steroid dienone is 3. The average molecular weight is 168 g/mol. The van der Waals surface area contributed by atoms with Crippen molar-refractivity contribution >= 4 is 0 Å². The van der Waals surface area contributed by atoms with E-state index < -0.39 is 0 Å². The number of nitrogens with two attached hydrogens (primary N) is 1. The van der Waals surface area contributed by atoms with Crippen LogP contribution in [0.2, 0.25) is 0 Å². The minimum absolute atomic E-state index is 0.334. The van der Waals surface area contributed by atoms with Crippen LogP contribution in [0, 0.1) is 5.41 Å². The van der Waals surface area contributed by atoms with E-state index in [0.29, 0.717) is 5.41 Å². The van der Waals surface area contributed by atoms with Crippen molar-refractivity contribution in [3.05, 3.63) is 23.9 Å². The molecule has 0 saturated carbocycles. The number of hydrogen-bond acceptors (Lipinski definition) is 2. The molecule has 0 amide bonds. The predicted molar refractivity (Wildman–Crippen MR) is 54.3 cm³/mol. The quantitative estimate of drug-likeness (QED) is 0.385. The second-order valence-corrected chi connectivity index (χ2v) is 4.10. The van der Waals surface area contributed by atoms with Gasteiger partial charge in [0.25, 0.3) is 0 Å². The number of hydrazine groups is 1. The summed E-state index contributed by atoms with van der Waals surface area (Å²) in [6.07, 6.45) is 6.94. The van der Waals surface area contributed by atoms with E-state index in [4.69, 9.17) is 5.84 Å². The van der Waals surface area contributed by atoms with Crippen molar-refractivity contribution < 1.29 is 0 Å². The van der Waals surface area contributed by atoms with Gasteiger partial charge in [0, 0.05) is 6.20 Å². The summed E-state index contributed by atoms with van der Waals surface area (Å²) in [5.74, 6) is 5.13. The molecule has 0 aromatic rings. The first kappa shape index (κ1) is 11.2. The summed E-state index contributed by atoms with van der Waals surface area (Å²) in [4.78, 5) is 0. The highest BCUT2D eigenvalue weighted by Gasteiger charge is 2.10. The topological polar surface area (TPSA) is 38.0 Å². The third-order valence-electron chi connectivity index (χ3n) is 1.50. The fraction of sp³-hybridized carbons (Fsp3) is 0.600. The first-order chi connectivity index (χ1) is 5.49. The molecule has 12 heavy (non-hydrogen) atoms. The van der Waals surface area contributed by atoms with Crippen molar-refractivity contribution in [2.24, 2.45) is 11.3 Å². The van der Waals surface area contributed by atoms with E-state index in [1.54, 1.807) is 6.20 Å². The molecule has 0 radical (unpaired) electrons. The van der Waals surface area contributed by atoms with Crippen LogP contribution in [-0.4, -0.2) is 0 Å². The van der Waals surface area contributed by atoms with Gasteiger partial charge in [-0.05, 0) is 24.8 Å². The Morgan fingerprint density at radius 2 is 2.00 bits per heavy atom. The van der Waals surface area contributed by atoms with Gasteiger partial charge in [0.05, 0.1) is 0 Å². The van der Waals surface area contributed by atoms with Crippen LogP contribution in [0.25, 0.3) is 0 Å². The molecule has 0 aromatic carbocycles. The third-order valence-corrected chi connectivity index (χ3v) is 1.50. The molecule has 2 heteroatoms. The van der Waals surface area contributed by atoms with Crippen LogP contribution in [-0.2, 0) is 0 Å². The lowest BCUT2D eigenvalue weighted by atomic mass is 9.88. The summed E-state index contributed by atoms with van der Waals surface area (Å²) in [5, 5.41) is 0. The van der Waals surface area contributed by atoms with E-state index >= 15 is 0 Å². The monoisotopic (exact) mass is 168 g/mol. The molecule has 0 rings (SSSR count). The molecule has 0 fully saturated rings.